The van der Waals surface area contributed by atoms with Gasteiger partial charge in [-0.3, -0.25) is 4.79 Å². The highest BCUT2D eigenvalue weighted by atomic mass is 16.4. The lowest BCUT2D eigenvalue weighted by atomic mass is 9.92. The Labute approximate surface area is 111 Å². The predicted octanol–water partition coefficient (Wildman–Crippen LogP) is 2.00. The summed E-state index contributed by atoms with van der Waals surface area (Å²) in [5, 5.41) is 9.19. The molecule has 19 heavy (non-hydrogen) atoms. The summed E-state index contributed by atoms with van der Waals surface area (Å²) in [5.41, 5.74) is 0. The molecule has 2 unspecified atom stereocenters. The quantitative estimate of drug-likeness (QED) is 0.847. The van der Waals surface area contributed by atoms with Gasteiger partial charge in [0.25, 0.3) is 0 Å². The number of carboxylic acids is 1. The van der Waals surface area contributed by atoms with E-state index >= 15 is 0 Å². The van der Waals surface area contributed by atoms with Crippen molar-refractivity contribution in [1.29, 1.82) is 0 Å². The molecule has 1 aliphatic heterocycles. The second-order valence-corrected chi connectivity index (χ2v) is 4.86. The van der Waals surface area contributed by atoms with Crippen molar-refractivity contribution in [2.24, 2.45) is 5.92 Å². The van der Waals surface area contributed by atoms with Crippen LogP contribution in [0.1, 0.15) is 25.5 Å². The third kappa shape index (κ3) is 3.24. The van der Waals surface area contributed by atoms with Crippen molar-refractivity contribution in [3.05, 3.63) is 30.2 Å². The van der Waals surface area contributed by atoms with E-state index in [9.17, 15) is 14.7 Å². The highest BCUT2D eigenvalue weighted by molar-refractivity contribution is 5.94. The normalized spacial score (nSPS) is 23.7. The molecule has 1 aromatic heterocycles. The van der Waals surface area contributed by atoms with Gasteiger partial charge in [0.15, 0.2) is 0 Å². The zero-order chi connectivity index (χ0) is 13.8. The van der Waals surface area contributed by atoms with Crippen molar-refractivity contribution in [2.75, 3.05) is 6.54 Å². The van der Waals surface area contributed by atoms with E-state index in [-0.39, 0.29) is 5.91 Å². The van der Waals surface area contributed by atoms with Gasteiger partial charge >= 0.3 is 5.97 Å². The van der Waals surface area contributed by atoms with Gasteiger partial charge in [-0.05, 0) is 37.0 Å². The monoisotopic (exact) mass is 263 g/mol. The number of rotatable bonds is 3. The highest BCUT2D eigenvalue weighted by Crippen LogP contribution is 2.23. The lowest BCUT2D eigenvalue weighted by molar-refractivity contribution is -0.151. The molecule has 2 atom stereocenters. The Morgan fingerprint density at radius 2 is 2.32 bits per heavy atom. The topological polar surface area (TPSA) is 70.8 Å². The van der Waals surface area contributed by atoms with E-state index in [1.165, 1.54) is 17.2 Å². The van der Waals surface area contributed by atoms with Gasteiger partial charge in [0.1, 0.15) is 11.8 Å². The highest BCUT2D eigenvalue weighted by Gasteiger charge is 2.33. The van der Waals surface area contributed by atoms with Crippen LogP contribution < -0.4 is 0 Å². The number of amides is 1. The van der Waals surface area contributed by atoms with Crippen LogP contribution in [-0.2, 0) is 9.59 Å². The molecule has 1 fully saturated rings. The first-order valence-corrected chi connectivity index (χ1v) is 6.33. The smallest absolute Gasteiger partial charge is 0.326 e. The van der Waals surface area contributed by atoms with Gasteiger partial charge in [0, 0.05) is 12.6 Å². The summed E-state index contributed by atoms with van der Waals surface area (Å²) in [4.78, 5) is 24.7. The Bertz CT molecular complexity index is 478. The first-order chi connectivity index (χ1) is 9.08. The van der Waals surface area contributed by atoms with Crippen LogP contribution in [0.15, 0.2) is 28.9 Å². The van der Waals surface area contributed by atoms with Crippen molar-refractivity contribution in [2.45, 2.75) is 25.8 Å². The first-order valence-electron chi connectivity index (χ1n) is 6.33. The van der Waals surface area contributed by atoms with Gasteiger partial charge in [-0.25, -0.2) is 4.79 Å². The van der Waals surface area contributed by atoms with E-state index in [0.29, 0.717) is 24.6 Å². The lowest BCUT2D eigenvalue weighted by Crippen LogP contribution is -2.49. The van der Waals surface area contributed by atoms with E-state index in [2.05, 4.69) is 0 Å². The largest absolute Gasteiger partial charge is 0.480 e. The molecule has 5 nitrogen and oxygen atoms in total. The van der Waals surface area contributed by atoms with Crippen LogP contribution >= 0.6 is 0 Å². The maximum atomic E-state index is 12.0. The van der Waals surface area contributed by atoms with Crippen LogP contribution in [0.5, 0.6) is 0 Å². The summed E-state index contributed by atoms with van der Waals surface area (Å²) in [7, 11) is 0. The van der Waals surface area contributed by atoms with Crippen molar-refractivity contribution in [3.63, 3.8) is 0 Å². The second-order valence-electron chi connectivity index (χ2n) is 4.86. The number of aliphatic carboxylic acids is 1. The SMILES string of the molecule is CC1CCN(C(=O)/C=C/c2ccco2)C(C(=O)O)C1. The van der Waals surface area contributed by atoms with Crippen LogP contribution in [0.4, 0.5) is 0 Å². The second kappa shape index (κ2) is 5.73. The van der Waals surface area contributed by atoms with Gasteiger partial charge in [-0.2, -0.15) is 0 Å². The molecular weight excluding hydrogens is 246 g/mol. The number of piperidine rings is 1. The van der Waals surface area contributed by atoms with Crippen LogP contribution in [0.3, 0.4) is 0 Å². The van der Waals surface area contributed by atoms with Gasteiger partial charge < -0.3 is 14.4 Å². The minimum atomic E-state index is -0.939. The minimum Gasteiger partial charge on any atom is -0.480 e. The van der Waals surface area contributed by atoms with Crippen LogP contribution in [0.25, 0.3) is 6.08 Å². The summed E-state index contributed by atoms with van der Waals surface area (Å²) < 4.78 is 5.09. The standard InChI is InChI=1S/C14H17NO4/c1-10-6-7-15(12(9-10)14(17)18)13(16)5-4-11-3-2-8-19-11/h2-5,8,10,12H,6-7,9H2,1H3,(H,17,18)/b5-4+. The van der Waals surface area contributed by atoms with Crippen LogP contribution in [0.2, 0.25) is 0 Å². The van der Waals surface area contributed by atoms with E-state index in [1.54, 1.807) is 18.2 Å². The fourth-order valence-corrected chi connectivity index (χ4v) is 2.27. The molecule has 0 bridgehead atoms. The zero-order valence-electron chi connectivity index (χ0n) is 10.8. The maximum Gasteiger partial charge on any atom is 0.326 e. The van der Waals surface area contributed by atoms with Crippen molar-refractivity contribution < 1.29 is 19.1 Å². The number of furan rings is 1. The third-order valence-electron chi connectivity index (χ3n) is 3.37. The molecule has 0 aromatic carbocycles. The Kier molecular flexibility index (Phi) is 4.04. The molecule has 1 aliphatic rings. The first kappa shape index (κ1) is 13.4. The molecule has 1 aromatic rings. The molecule has 0 radical (unpaired) electrons. The molecule has 0 saturated carbocycles. The Hall–Kier alpha value is -2.04. The number of likely N-dealkylation sites (tertiary alicyclic amines) is 1. The van der Waals surface area contributed by atoms with Gasteiger partial charge in [0.2, 0.25) is 5.91 Å². The van der Waals surface area contributed by atoms with Gasteiger partial charge in [0.05, 0.1) is 6.26 Å². The zero-order valence-corrected chi connectivity index (χ0v) is 10.8. The van der Waals surface area contributed by atoms with Gasteiger partial charge in [-0.15, -0.1) is 0 Å². The van der Waals surface area contributed by atoms with Crippen LogP contribution in [-0.4, -0.2) is 34.5 Å². The molecule has 2 heterocycles. The van der Waals surface area contributed by atoms with Crippen LogP contribution in [0, 0.1) is 5.92 Å². The molecule has 1 amide bonds. The Morgan fingerprint density at radius 1 is 1.53 bits per heavy atom. The average molecular weight is 263 g/mol. The summed E-state index contributed by atoms with van der Waals surface area (Å²) in [6, 6.07) is 2.74. The molecule has 5 heteroatoms. The summed E-state index contributed by atoms with van der Waals surface area (Å²) in [6.07, 6.45) is 5.79. The lowest BCUT2D eigenvalue weighted by Gasteiger charge is -2.35. The molecule has 1 N–H and O–H groups in total. The third-order valence-corrected chi connectivity index (χ3v) is 3.37. The van der Waals surface area contributed by atoms with Crippen molar-refractivity contribution in [1.82, 2.24) is 4.90 Å². The van der Waals surface area contributed by atoms with E-state index in [4.69, 9.17) is 4.42 Å². The molecular formula is C14H17NO4. The Morgan fingerprint density at radius 3 is 2.95 bits per heavy atom. The molecule has 102 valence electrons. The molecule has 1 saturated heterocycles. The Balaban J connectivity index is 2.06. The average Bonchev–Trinajstić information content (AvgIpc) is 2.88. The fourth-order valence-electron chi connectivity index (χ4n) is 2.27. The molecule has 0 spiro atoms. The van der Waals surface area contributed by atoms with Gasteiger partial charge in [-0.1, -0.05) is 6.92 Å². The number of nitrogens with zero attached hydrogens (tertiary/aromatic N) is 1. The van der Waals surface area contributed by atoms with E-state index in [1.807, 2.05) is 6.92 Å². The predicted molar refractivity (Wildman–Crippen MR) is 69.3 cm³/mol. The summed E-state index contributed by atoms with van der Waals surface area (Å²) >= 11 is 0. The van der Waals surface area contributed by atoms with E-state index in [0.717, 1.165) is 6.42 Å². The van der Waals surface area contributed by atoms with Crippen molar-refractivity contribution >= 4 is 18.0 Å². The number of hydrogen-bond acceptors (Lipinski definition) is 3. The van der Waals surface area contributed by atoms with E-state index < -0.39 is 12.0 Å². The summed E-state index contributed by atoms with van der Waals surface area (Å²) in [5.74, 6) is -0.313. The summed E-state index contributed by atoms with van der Waals surface area (Å²) in [6.45, 7) is 2.50. The minimum absolute atomic E-state index is 0.282. The number of carbonyl (C=O) groups is 2. The molecule has 0 aliphatic carbocycles. The molecule has 2 rings (SSSR count). The number of carbonyl (C=O) groups excluding carboxylic acids is 1. The fraction of sp³-hybridized carbons (Fsp3) is 0.429. The maximum absolute atomic E-state index is 12.0. The number of hydrogen-bond donors (Lipinski definition) is 1. The van der Waals surface area contributed by atoms with Crippen molar-refractivity contribution in [3.8, 4) is 0 Å². The number of carboxylic acid groups (broad SMARTS) is 1.